The number of hydrogen-bond acceptors (Lipinski definition) is 0. The third kappa shape index (κ3) is 6.96. The highest BCUT2D eigenvalue weighted by atomic mass is 79.9. The summed E-state index contributed by atoms with van der Waals surface area (Å²) >= 11 is 6.45. The van der Waals surface area contributed by atoms with Crippen molar-refractivity contribution in [3.05, 3.63) is 10.7 Å². The molecule has 0 spiro atoms. The number of halogens is 2. The predicted molar refractivity (Wildman–Crippen MR) is 40.3 cm³/mol. The average molecular weight is 228 g/mol. The molecule has 0 aliphatic carbocycles. The fraction of sp³-hybridized carbons (Fsp3) is 0.600. The van der Waals surface area contributed by atoms with E-state index in [1.807, 2.05) is 10.7 Å². The number of rotatable bonds is 4. The van der Waals surface area contributed by atoms with Gasteiger partial charge in [0.2, 0.25) is 0 Å². The Morgan fingerprint density at radius 3 is 1.71 bits per heavy atom. The maximum atomic E-state index is 3.23. The van der Waals surface area contributed by atoms with Crippen LogP contribution in [0.2, 0.25) is 0 Å². The highest BCUT2D eigenvalue weighted by Gasteiger charge is 1.82. The molecule has 42 valence electrons. The maximum Gasteiger partial charge on any atom is 0.0271 e. The zero-order valence-corrected chi connectivity index (χ0v) is 7.20. The first-order valence-corrected chi connectivity index (χ1v) is 4.08. The van der Waals surface area contributed by atoms with Gasteiger partial charge in [0.25, 0.3) is 0 Å². The van der Waals surface area contributed by atoms with E-state index >= 15 is 0 Å². The van der Waals surface area contributed by atoms with Crippen molar-refractivity contribution in [1.29, 1.82) is 0 Å². The molecule has 7 heavy (non-hydrogen) atoms. The van der Waals surface area contributed by atoms with Gasteiger partial charge in [0, 0.05) is 10.7 Å². The van der Waals surface area contributed by atoms with Crippen LogP contribution in [0.15, 0.2) is 0 Å². The lowest BCUT2D eigenvalue weighted by Crippen LogP contribution is -1.68. The summed E-state index contributed by atoms with van der Waals surface area (Å²) in [6.45, 7) is 0. The van der Waals surface area contributed by atoms with Crippen molar-refractivity contribution < 1.29 is 0 Å². The van der Waals surface area contributed by atoms with Crippen molar-refractivity contribution in [1.82, 2.24) is 0 Å². The largest absolute Gasteiger partial charge is 0.0879 e. The minimum absolute atomic E-state index is 1.15. The van der Waals surface area contributed by atoms with Gasteiger partial charge < -0.3 is 0 Å². The molecule has 0 saturated heterocycles. The highest BCUT2D eigenvalue weighted by molar-refractivity contribution is 9.10. The van der Waals surface area contributed by atoms with Crippen LogP contribution in [-0.4, -0.2) is 0 Å². The Morgan fingerprint density at radius 2 is 1.43 bits per heavy atom. The molecule has 0 saturated carbocycles. The van der Waals surface area contributed by atoms with E-state index in [-0.39, 0.29) is 0 Å². The first kappa shape index (κ1) is 7.96. The van der Waals surface area contributed by atoms with E-state index in [9.17, 15) is 0 Å². The molecule has 0 aromatic heterocycles. The van der Waals surface area contributed by atoms with E-state index in [1.54, 1.807) is 0 Å². The van der Waals surface area contributed by atoms with Crippen LogP contribution in [0.4, 0.5) is 0 Å². The topological polar surface area (TPSA) is 0 Å². The van der Waals surface area contributed by atoms with Crippen LogP contribution in [-0.2, 0) is 0 Å². The van der Waals surface area contributed by atoms with Gasteiger partial charge in [-0.05, 0) is 12.8 Å². The smallest absolute Gasteiger partial charge is 0.0271 e. The monoisotopic (exact) mass is 226 g/mol. The van der Waals surface area contributed by atoms with Gasteiger partial charge in [-0.1, -0.05) is 38.3 Å². The minimum Gasteiger partial charge on any atom is -0.0879 e. The third-order valence-electron chi connectivity index (χ3n) is 0.626. The first-order valence-electron chi connectivity index (χ1n) is 2.25. The Labute approximate surface area is 61.9 Å². The van der Waals surface area contributed by atoms with Crippen LogP contribution < -0.4 is 0 Å². The molecule has 0 rings (SSSR count). The Bertz CT molecular complexity index is 25.3. The Balaban J connectivity index is 2.45. The van der Waals surface area contributed by atoms with Crippen molar-refractivity contribution in [2.75, 3.05) is 0 Å². The summed E-state index contributed by atoms with van der Waals surface area (Å²) in [4.78, 5) is 0. The average Bonchev–Trinajstić information content (AvgIpc) is 1.69. The molecular weight excluding hydrogens is 220 g/mol. The summed E-state index contributed by atoms with van der Waals surface area (Å²) in [5.41, 5.74) is 0. The van der Waals surface area contributed by atoms with Crippen molar-refractivity contribution in [2.24, 2.45) is 0 Å². The van der Waals surface area contributed by atoms with E-state index in [4.69, 9.17) is 0 Å². The van der Waals surface area contributed by atoms with Gasteiger partial charge in [0.15, 0.2) is 0 Å². The quantitative estimate of drug-likeness (QED) is 0.647. The molecule has 2 radical (unpaired) electrons. The lowest BCUT2D eigenvalue weighted by molar-refractivity contribution is 0.852. The van der Waals surface area contributed by atoms with Gasteiger partial charge in [-0.25, -0.2) is 0 Å². The fourth-order valence-electron chi connectivity index (χ4n) is 0.272. The Hall–Kier alpha value is 0.960. The van der Waals surface area contributed by atoms with E-state index in [2.05, 4.69) is 31.9 Å². The normalized spacial score (nSPS) is 9.43. The second kappa shape index (κ2) is 6.96. The van der Waals surface area contributed by atoms with Crippen LogP contribution in [0.25, 0.3) is 0 Å². The second-order valence-corrected chi connectivity index (χ2v) is 2.53. The van der Waals surface area contributed by atoms with Crippen LogP contribution >= 0.6 is 31.9 Å². The summed E-state index contributed by atoms with van der Waals surface area (Å²) in [5, 5.41) is 4.01. The molecule has 2 heteroatoms. The lowest BCUT2D eigenvalue weighted by atomic mass is 10.3. The first-order chi connectivity index (χ1) is 3.41. The van der Waals surface area contributed by atoms with Gasteiger partial charge in [-0.15, -0.1) is 0 Å². The maximum absolute atomic E-state index is 3.23. The van der Waals surface area contributed by atoms with Crippen molar-refractivity contribution in [2.45, 2.75) is 19.3 Å². The van der Waals surface area contributed by atoms with Gasteiger partial charge in [0.05, 0.1) is 0 Å². The summed E-state index contributed by atoms with van der Waals surface area (Å²) in [6, 6.07) is 0. The molecule has 0 aliphatic heterocycles. The standard InChI is InChI=1S/C5H8Br2/c6-4-2-1-3-5-7/h4-5H,1-3H2. The molecule has 0 atom stereocenters. The van der Waals surface area contributed by atoms with Crippen molar-refractivity contribution in [3.8, 4) is 0 Å². The van der Waals surface area contributed by atoms with E-state index in [0.29, 0.717) is 0 Å². The SMILES string of the molecule is Br[CH]CCC[CH]Br. The van der Waals surface area contributed by atoms with Gasteiger partial charge in [-0.3, -0.25) is 0 Å². The minimum atomic E-state index is 1.15. The molecular formula is C5H8Br2. The second-order valence-electron chi connectivity index (χ2n) is 1.24. The van der Waals surface area contributed by atoms with Gasteiger partial charge >= 0.3 is 0 Å². The van der Waals surface area contributed by atoms with Gasteiger partial charge in [0.1, 0.15) is 0 Å². The summed E-state index contributed by atoms with van der Waals surface area (Å²) in [5.74, 6) is 0. The summed E-state index contributed by atoms with van der Waals surface area (Å²) in [7, 11) is 0. The fourth-order valence-corrected chi connectivity index (χ4v) is 0.920. The molecule has 0 bridgehead atoms. The third-order valence-corrected chi connectivity index (χ3v) is 1.54. The van der Waals surface area contributed by atoms with E-state index < -0.39 is 0 Å². The molecule has 0 aliphatic rings. The molecule has 0 fully saturated rings. The van der Waals surface area contributed by atoms with Gasteiger partial charge in [-0.2, -0.15) is 0 Å². The van der Waals surface area contributed by atoms with Crippen LogP contribution in [0.1, 0.15) is 19.3 Å². The zero-order chi connectivity index (χ0) is 5.54. The Morgan fingerprint density at radius 1 is 1.00 bits per heavy atom. The van der Waals surface area contributed by atoms with Crippen molar-refractivity contribution >= 4 is 31.9 Å². The molecule has 0 aromatic carbocycles. The molecule has 0 aromatic rings. The Kier molecular flexibility index (Phi) is 7.91. The van der Waals surface area contributed by atoms with E-state index in [1.165, 1.54) is 6.42 Å². The highest BCUT2D eigenvalue weighted by Crippen LogP contribution is 2.06. The molecule has 0 amide bonds. The van der Waals surface area contributed by atoms with E-state index in [0.717, 1.165) is 12.8 Å². The molecule has 0 N–H and O–H groups in total. The number of hydrogen-bond donors (Lipinski definition) is 0. The number of unbranched alkanes of at least 4 members (excludes halogenated alkanes) is 2. The molecule has 0 nitrogen and oxygen atoms in total. The zero-order valence-electron chi connectivity index (χ0n) is 4.03. The van der Waals surface area contributed by atoms with Crippen LogP contribution in [0.3, 0.4) is 0 Å². The molecule has 0 heterocycles. The molecule has 0 unspecified atom stereocenters. The lowest BCUT2D eigenvalue weighted by Gasteiger charge is -1.88. The summed E-state index contributed by atoms with van der Waals surface area (Å²) in [6.07, 6.45) is 3.54. The van der Waals surface area contributed by atoms with Crippen LogP contribution in [0.5, 0.6) is 0 Å². The summed E-state index contributed by atoms with van der Waals surface area (Å²) < 4.78 is 0. The van der Waals surface area contributed by atoms with Crippen molar-refractivity contribution in [3.63, 3.8) is 0 Å². The predicted octanol–water partition coefficient (Wildman–Crippen LogP) is 3.27. The van der Waals surface area contributed by atoms with Crippen LogP contribution in [0, 0.1) is 10.7 Å².